The molecule has 1 N–H and O–H groups in total. The standard InChI is InChI=1S/C29H29N3O5/c33-27(34)17-31-25-11-5-6-12-26(25)32(28(31)35)19-13-15-30(16-14-19)29(36)37-18-24-22-9-3-1-7-20(22)21-8-2-4-10-23(21)24/h1-12,19,24-26H,13-18H2,(H,33,34). The SMILES string of the molecule is O=C(O)CN1C(=O)N(C2CCN(C(=O)OCC3c4ccccc4-c4ccccc43)CC2)C2C=CC=CC21. The molecule has 0 spiro atoms. The molecule has 0 bridgehead atoms. The molecule has 2 aliphatic heterocycles. The van der Waals surface area contributed by atoms with Crippen LogP contribution >= 0.6 is 0 Å². The van der Waals surface area contributed by atoms with Crippen molar-refractivity contribution in [2.75, 3.05) is 26.2 Å². The lowest BCUT2D eigenvalue weighted by Crippen LogP contribution is -2.50. The van der Waals surface area contributed by atoms with E-state index in [1.165, 1.54) is 27.2 Å². The number of amides is 3. The molecule has 190 valence electrons. The van der Waals surface area contributed by atoms with Crippen LogP contribution in [0.3, 0.4) is 0 Å². The topological polar surface area (TPSA) is 90.4 Å². The number of allylic oxidation sites excluding steroid dienone is 2. The summed E-state index contributed by atoms with van der Waals surface area (Å²) in [5, 5.41) is 9.30. The van der Waals surface area contributed by atoms with Crippen LogP contribution in [0, 0.1) is 0 Å². The Hall–Kier alpha value is -4.07. The summed E-state index contributed by atoms with van der Waals surface area (Å²) in [5.74, 6) is -1.01. The quantitative estimate of drug-likeness (QED) is 0.670. The zero-order chi connectivity index (χ0) is 25.5. The van der Waals surface area contributed by atoms with E-state index < -0.39 is 5.97 Å². The Bertz CT molecular complexity index is 1250. The van der Waals surface area contributed by atoms with E-state index in [0.717, 1.165) is 0 Å². The molecule has 8 heteroatoms. The Labute approximate surface area is 215 Å². The molecular weight excluding hydrogens is 470 g/mol. The molecule has 0 aromatic heterocycles. The Balaban J connectivity index is 1.09. The molecule has 4 aliphatic rings. The molecular formula is C29H29N3O5. The average molecular weight is 500 g/mol. The van der Waals surface area contributed by atoms with Gasteiger partial charge < -0.3 is 24.5 Å². The zero-order valence-corrected chi connectivity index (χ0v) is 20.4. The number of carbonyl (C=O) groups is 3. The number of likely N-dealkylation sites (tertiary alicyclic amines) is 1. The van der Waals surface area contributed by atoms with Crippen molar-refractivity contribution in [2.45, 2.75) is 36.9 Å². The smallest absolute Gasteiger partial charge is 0.409 e. The Morgan fingerprint density at radius 2 is 1.49 bits per heavy atom. The number of carboxylic acid groups (broad SMARTS) is 1. The molecule has 2 aromatic carbocycles. The van der Waals surface area contributed by atoms with Crippen LogP contribution in [0.25, 0.3) is 11.1 Å². The van der Waals surface area contributed by atoms with Crippen LogP contribution in [0.4, 0.5) is 9.59 Å². The number of hydrogen-bond acceptors (Lipinski definition) is 4. The number of fused-ring (bicyclic) bond motifs is 4. The van der Waals surface area contributed by atoms with Gasteiger partial charge >= 0.3 is 18.1 Å². The Kier molecular flexibility index (Phi) is 5.94. The van der Waals surface area contributed by atoms with Gasteiger partial charge in [0, 0.05) is 25.0 Å². The van der Waals surface area contributed by atoms with Gasteiger partial charge in [0.15, 0.2) is 0 Å². The lowest BCUT2D eigenvalue weighted by molar-refractivity contribution is -0.137. The fraction of sp³-hybridized carbons (Fsp3) is 0.345. The van der Waals surface area contributed by atoms with E-state index in [1.54, 1.807) is 4.90 Å². The molecule has 2 saturated heterocycles. The molecule has 0 radical (unpaired) electrons. The number of urea groups is 1. The first-order valence-corrected chi connectivity index (χ1v) is 12.8. The van der Waals surface area contributed by atoms with Crippen molar-refractivity contribution in [2.24, 2.45) is 0 Å². The maximum absolute atomic E-state index is 13.2. The van der Waals surface area contributed by atoms with Gasteiger partial charge in [-0.2, -0.15) is 0 Å². The summed E-state index contributed by atoms with van der Waals surface area (Å²) in [4.78, 5) is 42.5. The van der Waals surface area contributed by atoms with E-state index in [1.807, 2.05) is 53.5 Å². The second-order valence-electron chi connectivity index (χ2n) is 9.98. The highest BCUT2D eigenvalue weighted by molar-refractivity contribution is 5.84. The van der Waals surface area contributed by atoms with Gasteiger partial charge in [-0.3, -0.25) is 4.79 Å². The van der Waals surface area contributed by atoms with Crippen LogP contribution in [-0.4, -0.2) is 82.3 Å². The molecule has 3 amide bonds. The lowest BCUT2D eigenvalue weighted by atomic mass is 9.97. The van der Waals surface area contributed by atoms with E-state index in [9.17, 15) is 19.5 Å². The van der Waals surface area contributed by atoms with Gasteiger partial charge in [-0.15, -0.1) is 0 Å². The summed E-state index contributed by atoms with van der Waals surface area (Å²) in [6, 6.07) is 15.7. The maximum Gasteiger partial charge on any atom is 0.409 e. The minimum Gasteiger partial charge on any atom is -0.480 e. The van der Waals surface area contributed by atoms with Crippen LogP contribution in [-0.2, 0) is 9.53 Å². The second-order valence-corrected chi connectivity index (χ2v) is 9.98. The van der Waals surface area contributed by atoms with Crippen LogP contribution in [0.15, 0.2) is 72.8 Å². The number of nitrogens with zero attached hydrogens (tertiary/aromatic N) is 3. The molecule has 0 saturated carbocycles. The van der Waals surface area contributed by atoms with Crippen molar-refractivity contribution < 1.29 is 24.2 Å². The highest BCUT2D eigenvalue weighted by Gasteiger charge is 2.48. The van der Waals surface area contributed by atoms with Gasteiger partial charge in [0.1, 0.15) is 13.2 Å². The summed E-state index contributed by atoms with van der Waals surface area (Å²) in [7, 11) is 0. The van der Waals surface area contributed by atoms with E-state index in [4.69, 9.17) is 4.74 Å². The number of rotatable bonds is 5. The molecule has 2 heterocycles. The fourth-order valence-electron chi connectivity index (χ4n) is 6.26. The van der Waals surface area contributed by atoms with Crippen molar-refractivity contribution in [3.63, 3.8) is 0 Å². The molecule has 2 aromatic rings. The average Bonchev–Trinajstić information content (AvgIpc) is 3.39. The molecule has 8 nitrogen and oxygen atoms in total. The number of benzene rings is 2. The Morgan fingerprint density at radius 3 is 2.11 bits per heavy atom. The minimum atomic E-state index is -1.03. The first kappa shape index (κ1) is 23.3. The van der Waals surface area contributed by atoms with Gasteiger partial charge in [0.2, 0.25) is 0 Å². The summed E-state index contributed by atoms with van der Waals surface area (Å²) in [6.45, 7) is 0.928. The van der Waals surface area contributed by atoms with Crippen molar-refractivity contribution in [1.82, 2.24) is 14.7 Å². The van der Waals surface area contributed by atoms with Gasteiger partial charge in [-0.25, -0.2) is 9.59 Å². The molecule has 2 fully saturated rings. The van der Waals surface area contributed by atoms with Gasteiger partial charge in [0.05, 0.1) is 12.1 Å². The predicted molar refractivity (Wildman–Crippen MR) is 137 cm³/mol. The third kappa shape index (κ3) is 4.06. The van der Waals surface area contributed by atoms with Gasteiger partial charge in [0.25, 0.3) is 0 Å². The third-order valence-corrected chi connectivity index (χ3v) is 7.98. The summed E-state index contributed by atoms with van der Waals surface area (Å²) in [5.41, 5.74) is 4.74. The first-order valence-electron chi connectivity index (χ1n) is 12.8. The predicted octanol–water partition coefficient (Wildman–Crippen LogP) is 4.09. The molecule has 37 heavy (non-hydrogen) atoms. The summed E-state index contributed by atoms with van der Waals surface area (Å²) < 4.78 is 5.82. The van der Waals surface area contributed by atoms with Crippen molar-refractivity contribution in [3.8, 4) is 11.1 Å². The maximum atomic E-state index is 13.2. The highest BCUT2D eigenvalue weighted by atomic mass is 16.6. The van der Waals surface area contributed by atoms with E-state index in [-0.39, 0.29) is 49.3 Å². The van der Waals surface area contributed by atoms with E-state index in [0.29, 0.717) is 25.9 Å². The van der Waals surface area contributed by atoms with Crippen LogP contribution < -0.4 is 0 Å². The van der Waals surface area contributed by atoms with Gasteiger partial charge in [-0.05, 0) is 35.1 Å². The van der Waals surface area contributed by atoms with Crippen molar-refractivity contribution in [1.29, 1.82) is 0 Å². The number of aliphatic carboxylic acids is 1. The number of hydrogen-bond donors (Lipinski definition) is 1. The molecule has 2 aliphatic carbocycles. The van der Waals surface area contributed by atoms with Crippen molar-refractivity contribution in [3.05, 3.63) is 84.0 Å². The second kappa shape index (κ2) is 9.42. The van der Waals surface area contributed by atoms with Crippen molar-refractivity contribution >= 4 is 18.1 Å². The zero-order valence-electron chi connectivity index (χ0n) is 20.4. The van der Waals surface area contributed by atoms with Crippen LogP contribution in [0.5, 0.6) is 0 Å². The fourth-order valence-corrected chi connectivity index (χ4v) is 6.26. The highest BCUT2D eigenvalue weighted by Crippen LogP contribution is 2.44. The van der Waals surface area contributed by atoms with Gasteiger partial charge in [-0.1, -0.05) is 72.8 Å². The van der Waals surface area contributed by atoms with E-state index >= 15 is 0 Å². The monoisotopic (exact) mass is 499 g/mol. The number of carboxylic acids is 1. The van der Waals surface area contributed by atoms with Crippen LogP contribution in [0.1, 0.15) is 29.9 Å². The van der Waals surface area contributed by atoms with Crippen LogP contribution in [0.2, 0.25) is 0 Å². The van der Waals surface area contributed by atoms with E-state index in [2.05, 4.69) is 24.3 Å². The lowest BCUT2D eigenvalue weighted by Gasteiger charge is -2.38. The molecule has 6 rings (SSSR count). The Morgan fingerprint density at radius 1 is 0.892 bits per heavy atom. The first-order chi connectivity index (χ1) is 18.0. The molecule has 2 atom stereocenters. The number of piperidine rings is 1. The number of ether oxygens (including phenoxy) is 1. The summed E-state index contributed by atoms with van der Waals surface area (Å²) in [6.07, 6.45) is 8.51. The summed E-state index contributed by atoms with van der Waals surface area (Å²) >= 11 is 0. The largest absolute Gasteiger partial charge is 0.480 e. The molecule has 2 unspecified atom stereocenters. The minimum absolute atomic E-state index is 0.0133. The number of carbonyl (C=O) groups excluding carboxylic acids is 2. The third-order valence-electron chi connectivity index (χ3n) is 7.98. The normalized spacial score (nSPS) is 22.7.